The highest BCUT2D eigenvalue weighted by molar-refractivity contribution is 7.93. The highest BCUT2D eigenvalue weighted by atomic mass is 32.2. The van der Waals surface area contributed by atoms with Crippen LogP contribution in [0, 0.1) is 11.7 Å². The van der Waals surface area contributed by atoms with Crippen LogP contribution in [0.5, 0.6) is 11.5 Å². The van der Waals surface area contributed by atoms with E-state index < -0.39 is 9.73 Å². The van der Waals surface area contributed by atoms with E-state index in [1.807, 2.05) is 42.1 Å². The molecule has 0 bridgehead atoms. The number of hydrogen-bond acceptors (Lipinski definition) is 6. The molecule has 9 heteroatoms. The van der Waals surface area contributed by atoms with Crippen LogP contribution in [0.15, 0.2) is 66.0 Å². The van der Waals surface area contributed by atoms with Gasteiger partial charge in [-0.15, -0.1) is 0 Å². The van der Waals surface area contributed by atoms with E-state index in [4.69, 9.17) is 9.52 Å². The number of pyridine rings is 1. The van der Waals surface area contributed by atoms with E-state index in [-0.39, 0.29) is 23.1 Å². The molecular formula is C29H33N5O3S. The molecule has 1 amide bonds. The molecule has 2 aromatic carbocycles. The first kappa shape index (κ1) is 25.9. The van der Waals surface area contributed by atoms with E-state index >= 15 is 0 Å². The van der Waals surface area contributed by atoms with E-state index in [9.17, 15) is 9.00 Å². The maximum atomic E-state index is 13.2. The number of benzene rings is 2. The molecule has 198 valence electrons. The first-order chi connectivity index (χ1) is 18.0. The molecule has 1 unspecified atom stereocenters. The third-order valence-electron chi connectivity index (χ3n) is 6.92. The summed E-state index contributed by atoms with van der Waals surface area (Å²) in [5.41, 5.74) is 2.98. The summed E-state index contributed by atoms with van der Waals surface area (Å²) in [7, 11) is -2.86. The van der Waals surface area contributed by atoms with Gasteiger partial charge in [0.05, 0.1) is 39.1 Å². The van der Waals surface area contributed by atoms with Gasteiger partial charge in [0.2, 0.25) is 5.91 Å². The lowest BCUT2D eigenvalue weighted by atomic mass is 10.00. The number of nitrogens with one attached hydrogen (secondary N) is 2. The molecule has 0 spiro atoms. The molecule has 2 aromatic heterocycles. The highest BCUT2D eigenvalue weighted by Crippen LogP contribution is 2.36. The highest BCUT2D eigenvalue weighted by Gasteiger charge is 2.29. The monoisotopic (exact) mass is 531 g/mol. The second-order valence-corrected chi connectivity index (χ2v) is 13.3. The third-order valence-corrected chi connectivity index (χ3v) is 9.29. The fourth-order valence-electron chi connectivity index (χ4n) is 4.47. The van der Waals surface area contributed by atoms with E-state index in [0.29, 0.717) is 22.1 Å². The predicted octanol–water partition coefficient (Wildman–Crippen LogP) is 6.43. The Bertz CT molecular complexity index is 1610. The lowest BCUT2D eigenvalue weighted by molar-refractivity contribution is -0.115. The number of hydrogen-bond donors (Lipinski definition) is 2. The average Bonchev–Trinajstić information content (AvgIpc) is 3.28. The van der Waals surface area contributed by atoms with Crippen molar-refractivity contribution in [3.8, 4) is 11.5 Å². The molecule has 2 N–H and O–H groups in total. The Morgan fingerprint density at radius 2 is 1.95 bits per heavy atom. The Kier molecular flexibility index (Phi) is 6.73. The zero-order valence-electron chi connectivity index (χ0n) is 22.2. The number of fused-ring (bicyclic) bond motifs is 1. The van der Waals surface area contributed by atoms with Crippen molar-refractivity contribution < 1.29 is 13.7 Å². The first-order valence-corrected chi connectivity index (χ1v) is 14.4. The predicted molar refractivity (Wildman–Crippen MR) is 149 cm³/mol. The third kappa shape index (κ3) is 5.29. The van der Waals surface area contributed by atoms with Gasteiger partial charge < -0.3 is 10.1 Å². The van der Waals surface area contributed by atoms with Crippen molar-refractivity contribution in [1.82, 2.24) is 14.8 Å². The molecule has 1 saturated carbocycles. The van der Waals surface area contributed by atoms with Crippen LogP contribution in [0.25, 0.3) is 10.9 Å². The van der Waals surface area contributed by atoms with E-state index in [0.717, 1.165) is 41.3 Å². The fourth-order valence-corrected chi connectivity index (χ4v) is 6.42. The van der Waals surface area contributed by atoms with Crippen molar-refractivity contribution in [1.29, 1.82) is 4.78 Å². The Balaban J connectivity index is 1.32. The summed E-state index contributed by atoms with van der Waals surface area (Å²) in [6.45, 7) is 8.09. The molecule has 0 radical (unpaired) electrons. The number of carbonyl (C=O) groups excluding carboxylic acids is 1. The van der Waals surface area contributed by atoms with Gasteiger partial charge in [-0.05, 0) is 82.0 Å². The molecule has 1 atom stereocenters. The molecule has 38 heavy (non-hydrogen) atoms. The zero-order valence-corrected chi connectivity index (χ0v) is 23.0. The molecule has 0 aliphatic heterocycles. The van der Waals surface area contributed by atoms with E-state index in [1.54, 1.807) is 30.6 Å². The summed E-state index contributed by atoms with van der Waals surface area (Å²) >= 11 is 0. The summed E-state index contributed by atoms with van der Waals surface area (Å²) in [6, 6.07) is 12.8. The zero-order chi connectivity index (χ0) is 27.1. The minimum absolute atomic E-state index is 0.0809. The number of aryl methyl sites for hydroxylation is 1. The average molecular weight is 532 g/mol. The van der Waals surface area contributed by atoms with Gasteiger partial charge in [-0.2, -0.15) is 5.10 Å². The molecule has 8 nitrogen and oxygen atoms in total. The van der Waals surface area contributed by atoms with E-state index in [2.05, 4.69) is 36.2 Å². The van der Waals surface area contributed by atoms with Crippen LogP contribution in [0.2, 0.25) is 0 Å². The summed E-state index contributed by atoms with van der Waals surface area (Å²) < 4.78 is 29.8. The van der Waals surface area contributed by atoms with Gasteiger partial charge in [-0.25, -0.2) is 8.99 Å². The number of aromatic nitrogens is 3. The molecule has 0 saturated heterocycles. The van der Waals surface area contributed by atoms with Gasteiger partial charge >= 0.3 is 0 Å². The summed E-state index contributed by atoms with van der Waals surface area (Å²) in [4.78, 5) is 17.6. The number of ether oxygens (including phenoxy) is 1. The van der Waals surface area contributed by atoms with Gasteiger partial charge in [0.25, 0.3) is 0 Å². The van der Waals surface area contributed by atoms with Crippen molar-refractivity contribution in [3.05, 3.63) is 72.2 Å². The van der Waals surface area contributed by atoms with Crippen molar-refractivity contribution >= 4 is 32.2 Å². The van der Waals surface area contributed by atoms with Crippen LogP contribution >= 0.6 is 0 Å². The molecule has 4 aromatic rings. The lowest BCUT2D eigenvalue weighted by Crippen LogP contribution is -2.27. The van der Waals surface area contributed by atoms with Crippen LogP contribution in [0.1, 0.15) is 51.2 Å². The second-order valence-electron chi connectivity index (χ2n) is 10.9. The molecular weight excluding hydrogens is 498 g/mol. The number of anilines is 1. The van der Waals surface area contributed by atoms with Crippen LogP contribution in [0.4, 0.5) is 5.69 Å². The molecule has 1 aliphatic carbocycles. The second kappa shape index (κ2) is 9.87. The topological polar surface area (TPSA) is 110 Å². The molecule has 1 aliphatic rings. The van der Waals surface area contributed by atoms with Crippen LogP contribution in [0.3, 0.4) is 0 Å². The van der Waals surface area contributed by atoms with Crippen molar-refractivity contribution in [2.75, 3.05) is 5.32 Å². The van der Waals surface area contributed by atoms with Crippen LogP contribution in [-0.2, 0) is 26.5 Å². The fraction of sp³-hybridized carbons (Fsp3) is 0.345. The number of amides is 1. The van der Waals surface area contributed by atoms with Crippen LogP contribution in [-0.4, -0.2) is 30.1 Å². The minimum atomic E-state index is -2.86. The van der Waals surface area contributed by atoms with Gasteiger partial charge in [-0.1, -0.05) is 18.6 Å². The van der Waals surface area contributed by atoms with Crippen molar-refractivity contribution in [2.45, 2.75) is 69.1 Å². The minimum Gasteiger partial charge on any atom is -0.456 e. The van der Waals surface area contributed by atoms with Crippen molar-refractivity contribution in [3.63, 3.8) is 0 Å². The smallest absolute Gasteiger partial charge is 0.228 e. The maximum absolute atomic E-state index is 13.2. The van der Waals surface area contributed by atoms with Gasteiger partial charge in [-0.3, -0.25) is 14.5 Å². The number of rotatable bonds is 7. The van der Waals surface area contributed by atoms with Gasteiger partial charge in [0.1, 0.15) is 11.5 Å². The van der Waals surface area contributed by atoms with Crippen LogP contribution < -0.4 is 10.1 Å². The summed E-state index contributed by atoms with van der Waals surface area (Å²) in [5.74, 6) is 1.12. The van der Waals surface area contributed by atoms with E-state index in [1.165, 1.54) is 0 Å². The number of carbonyl (C=O) groups is 1. The molecule has 1 fully saturated rings. The Morgan fingerprint density at radius 3 is 2.61 bits per heavy atom. The molecule has 5 rings (SSSR count). The SMILES string of the molecule is Cc1cc(CC(=O)Nc2cnn(C(C)(C)C)c2)ccc1Oc1ccnc2ccc(S(=N)(=O)C3CCC3)cc12. The largest absolute Gasteiger partial charge is 0.456 e. The quantitative estimate of drug-likeness (QED) is 0.286. The standard InChI is InChI=1S/C29H33N5O3S/c1-19-14-20(15-28(35)33-21-17-32-34(18-21)29(2,3)4)8-11-26(19)37-27-12-13-31-25-10-9-23(16-24(25)27)38(30,36)22-6-5-7-22/h8-14,16-18,22,30H,5-7,15H2,1-4H3,(H,33,35). The Hall–Kier alpha value is -3.72. The molecule has 2 heterocycles. The normalized spacial score (nSPS) is 15.6. The Labute approximate surface area is 223 Å². The lowest BCUT2D eigenvalue weighted by Gasteiger charge is -2.27. The summed E-state index contributed by atoms with van der Waals surface area (Å²) in [5, 5.41) is 7.88. The number of nitrogens with zero attached hydrogens (tertiary/aromatic N) is 3. The van der Waals surface area contributed by atoms with Crippen molar-refractivity contribution in [2.24, 2.45) is 0 Å². The summed E-state index contributed by atoms with van der Waals surface area (Å²) in [6.07, 6.45) is 8.08. The van der Waals surface area contributed by atoms with Gasteiger partial charge in [0, 0.05) is 27.9 Å². The van der Waals surface area contributed by atoms with Gasteiger partial charge in [0.15, 0.2) is 0 Å². The maximum Gasteiger partial charge on any atom is 0.228 e. The first-order valence-electron chi connectivity index (χ1n) is 12.8. The Morgan fingerprint density at radius 1 is 1.16 bits per heavy atom.